The summed E-state index contributed by atoms with van der Waals surface area (Å²) >= 11 is 0. The smallest absolute Gasteiger partial charge is 0.259 e. The van der Waals surface area contributed by atoms with Gasteiger partial charge in [-0.3, -0.25) is 4.79 Å². The Bertz CT molecular complexity index is 832. The van der Waals surface area contributed by atoms with Crippen molar-refractivity contribution < 1.29 is 18.3 Å². The third-order valence-corrected chi connectivity index (χ3v) is 5.93. The summed E-state index contributed by atoms with van der Waals surface area (Å²) < 4.78 is 33.4. The highest BCUT2D eigenvalue weighted by Gasteiger charge is 2.78. The van der Waals surface area contributed by atoms with E-state index in [2.05, 4.69) is 4.98 Å². The first-order valence-corrected chi connectivity index (χ1v) is 8.76. The number of rotatable bonds is 4. The lowest BCUT2D eigenvalue weighted by Crippen LogP contribution is -2.39. The van der Waals surface area contributed by atoms with E-state index < -0.39 is 17.3 Å². The maximum atomic E-state index is 13.9. The molecule has 1 N–H and O–H groups in total. The van der Waals surface area contributed by atoms with Crippen LogP contribution in [0.25, 0.3) is 10.9 Å². The van der Waals surface area contributed by atoms with Crippen LogP contribution in [-0.4, -0.2) is 41.4 Å². The number of halogens is 2. The Kier molecular flexibility index (Phi) is 3.56. The molecule has 1 saturated carbocycles. The van der Waals surface area contributed by atoms with E-state index in [-0.39, 0.29) is 18.9 Å². The van der Waals surface area contributed by atoms with Gasteiger partial charge in [0.2, 0.25) is 5.91 Å². The fraction of sp³-hybridized carbons (Fsp3) is 0.526. The van der Waals surface area contributed by atoms with Gasteiger partial charge in [0.05, 0.1) is 18.9 Å². The topological polar surface area (TPSA) is 45.3 Å². The summed E-state index contributed by atoms with van der Waals surface area (Å²) in [5, 5.41) is 0.899. The van der Waals surface area contributed by atoms with Crippen molar-refractivity contribution in [1.29, 1.82) is 0 Å². The van der Waals surface area contributed by atoms with Gasteiger partial charge in [-0.25, -0.2) is 8.78 Å². The van der Waals surface area contributed by atoms with Crippen LogP contribution in [0.15, 0.2) is 24.4 Å². The molecule has 2 aliphatic rings. The molecule has 2 fully saturated rings. The molecular weight excluding hydrogens is 326 g/mol. The predicted molar refractivity (Wildman–Crippen MR) is 90.9 cm³/mol. The second-order valence-corrected chi connectivity index (χ2v) is 7.29. The summed E-state index contributed by atoms with van der Waals surface area (Å²) in [6, 6.07) is 5.71. The summed E-state index contributed by atoms with van der Waals surface area (Å²) in [7, 11) is 0. The minimum absolute atomic E-state index is 0.100. The number of nitrogens with one attached hydrogen (secondary N) is 1. The molecule has 1 aromatic carbocycles. The number of alkyl halides is 2. The fourth-order valence-electron chi connectivity index (χ4n) is 4.15. The number of H-pyrrole nitrogens is 1. The van der Waals surface area contributed by atoms with E-state index in [9.17, 15) is 13.6 Å². The highest BCUT2D eigenvalue weighted by molar-refractivity contribution is 5.93. The number of hydrogen-bond donors (Lipinski definition) is 1. The number of piperidine rings is 1. The lowest BCUT2D eigenvalue weighted by Gasteiger charge is -2.28. The summed E-state index contributed by atoms with van der Waals surface area (Å²) in [5.41, 5.74) is 0.848. The van der Waals surface area contributed by atoms with Gasteiger partial charge in [0, 0.05) is 35.6 Å². The molecule has 0 radical (unpaired) electrons. The Morgan fingerprint density at radius 2 is 2.24 bits per heavy atom. The number of hydrogen-bond acceptors (Lipinski definition) is 2. The first-order valence-electron chi connectivity index (χ1n) is 8.76. The zero-order chi connectivity index (χ0) is 17.8. The molecule has 1 aliphatic carbocycles. The first kappa shape index (κ1) is 16.4. The van der Waals surface area contributed by atoms with Crippen molar-refractivity contribution in [1.82, 2.24) is 9.88 Å². The molecule has 134 valence electrons. The van der Waals surface area contributed by atoms with Crippen molar-refractivity contribution in [2.24, 2.45) is 11.3 Å². The largest absolute Gasteiger partial charge is 0.493 e. The lowest BCUT2D eigenvalue weighted by atomic mass is 9.97. The van der Waals surface area contributed by atoms with Gasteiger partial charge >= 0.3 is 0 Å². The summed E-state index contributed by atoms with van der Waals surface area (Å²) in [6.07, 6.45) is 2.37. The van der Waals surface area contributed by atoms with Crippen LogP contribution >= 0.6 is 0 Å². The van der Waals surface area contributed by atoms with Crippen molar-refractivity contribution in [3.63, 3.8) is 0 Å². The van der Waals surface area contributed by atoms with Crippen LogP contribution in [0.1, 0.15) is 25.8 Å². The van der Waals surface area contributed by atoms with Gasteiger partial charge in [-0.05, 0) is 31.0 Å². The maximum absolute atomic E-state index is 13.9. The van der Waals surface area contributed by atoms with Crippen molar-refractivity contribution in [2.45, 2.75) is 32.6 Å². The van der Waals surface area contributed by atoms with Crippen molar-refractivity contribution in [2.75, 3.05) is 19.7 Å². The van der Waals surface area contributed by atoms with Crippen LogP contribution in [0.3, 0.4) is 0 Å². The number of ether oxygens (including phenoxy) is 1. The maximum Gasteiger partial charge on any atom is 0.259 e. The molecule has 2 atom stereocenters. The minimum atomic E-state index is -2.63. The molecule has 1 aromatic heterocycles. The second kappa shape index (κ2) is 5.44. The van der Waals surface area contributed by atoms with E-state index in [0.717, 1.165) is 22.2 Å². The molecule has 2 heterocycles. The molecular formula is C19H22F2N2O2. The Hall–Kier alpha value is -2.11. The first-order chi connectivity index (χ1) is 11.9. The van der Waals surface area contributed by atoms with Crippen molar-refractivity contribution in [3.8, 4) is 5.75 Å². The van der Waals surface area contributed by atoms with Gasteiger partial charge in [0.15, 0.2) is 0 Å². The average Bonchev–Trinajstić information content (AvgIpc) is 2.86. The van der Waals surface area contributed by atoms with Crippen LogP contribution in [0.5, 0.6) is 5.75 Å². The van der Waals surface area contributed by atoms with E-state index in [4.69, 9.17) is 4.74 Å². The Morgan fingerprint density at radius 1 is 1.44 bits per heavy atom. The summed E-state index contributed by atoms with van der Waals surface area (Å²) in [4.78, 5) is 17.4. The standard InChI is InChI=1S/C19H22F2N2O2/c1-3-25-14-6-4-5-13-17(14)12(10-22-13)9-16(24)23-8-7-18(2)15(11-23)19(18,20)21/h4-6,10,15,22H,3,7-9,11H2,1-2H3/t15-,18+/m0/s1. The number of benzene rings is 1. The number of carbonyl (C=O) groups is 1. The highest BCUT2D eigenvalue weighted by atomic mass is 19.3. The number of carbonyl (C=O) groups excluding carboxylic acids is 1. The summed E-state index contributed by atoms with van der Waals surface area (Å²) in [6.45, 7) is 4.65. The highest BCUT2D eigenvalue weighted by Crippen LogP contribution is 2.69. The molecule has 0 spiro atoms. The molecule has 1 aliphatic heterocycles. The molecule has 6 heteroatoms. The molecule has 0 bridgehead atoms. The van der Waals surface area contributed by atoms with E-state index in [1.54, 1.807) is 11.8 Å². The number of aromatic amines is 1. The Labute approximate surface area is 145 Å². The number of aromatic nitrogens is 1. The normalized spacial score (nSPS) is 27.2. The van der Waals surface area contributed by atoms with Crippen LogP contribution in [-0.2, 0) is 11.2 Å². The third-order valence-electron chi connectivity index (χ3n) is 5.93. The molecule has 4 rings (SSSR count). The summed E-state index contributed by atoms with van der Waals surface area (Å²) in [5.74, 6) is -2.69. The molecule has 2 aromatic rings. The number of likely N-dealkylation sites (tertiary alicyclic amines) is 1. The SMILES string of the molecule is CCOc1cccc2[nH]cc(CC(=O)N3CC[C@]4(C)[C@H](C3)C4(F)F)c12. The average molecular weight is 348 g/mol. The molecule has 1 amide bonds. The van der Waals surface area contributed by atoms with Crippen LogP contribution in [0, 0.1) is 11.3 Å². The minimum Gasteiger partial charge on any atom is -0.493 e. The number of amides is 1. The van der Waals surface area contributed by atoms with Crippen LogP contribution < -0.4 is 4.74 Å². The van der Waals surface area contributed by atoms with Crippen molar-refractivity contribution >= 4 is 16.8 Å². The zero-order valence-electron chi connectivity index (χ0n) is 14.4. The van der Waals surface area contributed by atoms with E-state index in [1.807, 2.05) is 31.3 Å². The zero-order valence-corrected chi connectivity index (χ0v) is 14.4. The van der Waals surface area contributed by atoms with Gasteiger partial charge in [-0.1, -0.05) is 13.0 Å². The lowest BCUT2D eigenvalue weighted by molar-refractivity contribution is -0.131. The van der Waals surface area contributed by atoms with E-state index in [0.29, 0.717) is 19.6 Å². The fourth-order valence-corrected chi connectivity index (χ4v) is 4.15. The quantitative estimate of drug-likeness (QED) is 0.917. The second-order valence-electron chi connectivity index (χ2n) is 7.29. The third kappa shape index (κ3) is 2.34. The van der Waals surface area contributed by atoms with Gasteiger partial charge in [0.25, 0.3) is 5.92 Å². The van der Waals surface area contributed by atoms with Gasteiger partial charge in [-0.2, -0.15) is 0 Å². The van der Waals surface area contributed by atoms with E-state index in [1.165, 1.54) is 0 Å². The Balaban J connectivity index is 1.53. The Morgan fingerprint density at radius 3 is 2.96 bits per heavy atom. The van der Waals surface area contributed by atoms with Crippen LogP contribution in [0.4, 0.5) is 8.78 Å². The van der Waals surface area contributed by atoms with Gasteiger partial charge < -0.3 is 14.6 Å². The predicted octanol–water partition coefficient (Wildman–Crippen LogP) is 3.61. The van der Waals surface area contributed by atoms with Gasteiger partial charge in [-0.15, -0.1) is 0 Å². The van der Waals surface area contributed by atoms with Gasteiger partial charge in [0.1, 0.15) is 5.75 Å². The number of nitrogens with zero attached hydrogens (tertiary/aromatic N) is 1. The van der Waals surface area contributed by atoms with Crippen molar-refractivity contribution in [3.05, 3.63) is 30.0 Å². The number of fused-ring (bicyclic) bond motifs is 2. The monoisotopic (exact) mass is 348 g/mol. The molecule has 25 heavy (non-hydrogen) atoms. The molecule has 4 nitrogen and oxygen atoms in total. The molecule has 1 saturated heterocycles. The van der Waals surface area contributed by atoms with E-state index >= 15 is 0 Å². The molecule has 0 unspecified atom stereocenters. The van der Waals surface area contributed by atoms with Crippen LogP contribution in [0.2, 0.25) is 0 Å².